The van der Waals surface area contributed by atoms with Crippen LogP contribution in [0, 0.1) is 5.92 Å². The lowest BCUT2D eigenvalue weighted by atomic mass is 9.63. The van der Waals surface area contributed by atoms with E-state index in [4.69, 9.17) is 0 Å². The Kier molecular flexibility index (Phi) is 2.29. The average Bonchev–Trinajstić information content (AvgIpc) is 2.61. The van der Waals surface area contributed by atoms with Crippen LogP contribution in [0.25, 0.3) is 0 Å². The van der Waals surface area contributed by atoms with Crippen molar-refractivity contribution in [3.63, 3.8) is 0 Å². The number of nitrogens with zero attached hydrogens (tertiary/aromatic N) is 1. The van der Waals surface area contributed by atoms with Crippen LogP contribution >= 0.6 is 15.9 Å². The molecule has 0 spiro atoms. The van der Waals surface area contributed by atoms with Crippen LogP contribution in [-0.2, 0) is 9.59 Å². The van der Waals surface area contributed by atoms with E-state index in [1.807, 2.05) is 0 Å². The topological polar surface area (TPSA) is 83.6 Å². The van der Waals surface area contributed by atoms with Gasteiger partial charge >= 0.3 is 0 Å². The van der Waals surface area contributed by atoms with Crippen LogP contribution in [0.1, 0.15) is 33.6 Å². The highest BCUT2D eigenvalue weighted by Gasteiger charge is 2.65. The van der Waals surface area contributed by atoms with Gasteiger partial charge in [0.05, 0.1) is 11.1 Å². The Hall–Kier alpha value is -2.02. The number of rotatable bonds is 1. The number of carbonyl (C=O) groups excluding carboxylic acids is 4. The quantitative estimate of drug-likeness (QED) is 0.762. The molecule has 0 atom stereocenters. The van der Waals surface area contributed by atoms with Crippen molar-refractivity contribution >= 4 is 39.6 Å². The maximum atomic E-state index is 12.5. The highest BCUT2D eigenvalue weighted by atomic mass is 79.9. The Morgan fingerprint density at radius 3 is 2.43 bits per heavy atom. The van der Waals surface area contributed by atoms with Gasteiger partial charge in [-0.3, -0.25) is 29.4 Å². The van der Waals surface area contributed by atoms with Gasteiger partial charge in [-0.1, -0.05) is 15.9 Å². The molecule has 0 unspecified atom stereocenters. The van der Waals surface area contributed by atoms with Crippen LogP contribution in [0.3, 0.4) is 0 Å². The predicted octanol–water partition coefficient (Wildman–Crippen LogP) is 0.850. The van der Waals surface area contributed by atoms with Crippen LogP contribution in [0.15, 0.2) is 22.7 Å². The number of fused-ring (bicyclic) bond motifs is 3. The molecule has 7 heteroatoms. The summed E-state index contributed by atoms with van der Waals surface area (Å²) in [5.74, 6) is -2.10. The molecule has 4 aliphatic rings. The first-order valence-electron chi connectivity index (χ1n) is 6.48. The summed E-state index contributed by atoms with van der Waals surface area (Å²) < 4.78 is 0.691. The molecule has 0 aromatic heterocycles. The molecule has 3 aliphatic heterocycles. The van der Waals surface area contributed by atoms with Crippen LogP contribution in [0.4, 0.5) is 0 Å². The summed E-state index contributed by atoms with van der Waals surface area (Å²) in [5, 5.41) is 2.24. The third kappa shape index (κ3) is 1.41. The minimum Gasteiger partial charge on any atom is -0.294 e. The number of hydrogen-bond acceptors (Lipinski definition) is 4. The number of nitrogens with one attached hydrogen (secondary N) is 1. The summed E-state index contributed by atoms with van der Waals surface area (Å²) in [4.78, 5) is 49.7. The second kappa shape index (κ2) is 3.79. The Balaban J connectivity index is 1.79. The Labute approximate surface area is 127 Å². The zero-order valence-corrected chi connectivity index (χ0v) is 12.3. The Bertz CT molecular complexity index is 751. The van der Waals surface area contributed by atoms with E-state index in [-0.39, 0.29) is 30.2 Å². The highest BCUT2D eigenvalue weighted by Crippen LogP contribution is 2.48. The van der Waals surface area contributed by atoms with Gasteiger partial charge in [0.15, 0.2) is 0 Å². The Morgan fingerprint density at radius 2 is 1.76 bits per heavy atom. The normalized spacial score (nSPS) is 30.1. The van der Waals surface area contributed by atoms with Crippen molar-refractivity contribution in [1.82, 2.24) is 10.2 Å². The third-order valence-electron chi connectivity index (χ3n) is 4.47. The van der Waals surface area contributed by atoms with E-state index in [0.717, 1.165) is 4.90 Å². The first-order chi connectivity index (χ1) is 9.94. The van der Waals surface area contributed by atoms with Crippen molar-refractivity contribution in [2.75, 3.05) is 0 Å². The molecule has 1 aliphatic carbocycles. The van der Waals surface area contributed by atoms with E-state index in [1.54, 1.807) is 18.2 Å². The number of hydrogen-bond donors (Lipinski definition) is 1. The molecular formula is C14H9BrN2O4. The van der Waals surface area contributed by atoms with E-state index < -0.39 is 23.3 Å². The molecule has 1 aromatic rings. The van der Waals surface area contributed by atoms with Crippen molar-refractivity contribution in [2.45, 2.75) is 18.4 Å². The molecule has 1 N–H and O–H groups in total. The SMILES string of the molecule is O=C1NC(=O)C2(N3C(=O)c4ccc(Br)cc4C3=O)CC1C2. The fraction of sp³-hybridized carbons (Fsp3) is 0.286. The fourth-order valence-electron chi connectivity index (χ4n) is 3.34. The minimum atomic E-state index is -1.20. The van der Waals surface area contributed by atoms with Crippen molar-refractivity contribution in [3.05, 3.63) is 33.8 Å². The molecule has 3 fully saturated rings. The molecule has 2 bridgehead atoms. The standard InChI is InChI=1S/C14H9BrN2O4/c15-7-1-2-8-9(3-7)12(20)17(11(8)19)14-4-6(5-14)10(18)16-13(14)21/h1-3,6H,4-5H2,(H,16,18,21). The monoisotopic (exact) mass is 348 g/mol. The number of halogens is 1. The van der Waals surface area contributed by atoms with Crippen LogP contribution in [-0.4, -0.2) is 34.1 Å². The summed E-state index contributed by atoms with van der Waals surface area (Å²) in [7, 11) is 0. The van der Waals surface area contributed by atoms with E-state index in [1.165, 1.54) is 0 Å². The summed E-state index contributed by atoms with van der Waals surface area (Å²) in [6.45, 7) is 0. The van der Waals surface area contributed by atoms with Crippen LogP contribution < -0.4 is 5.32 Å². The molecule has 1 aromatic carbocycles. The van der Waals surface area contributed by atoms with Crippen molar-refractivity contribution in [1.29, 1.82) is 0 Å². The van der Waals surface area contributed by atoms with Gasteiger partial charge in [0.25, 0.3) is 17.7 Å². The predicted molar refractivity (Wildman–Crippen MR) is 73.2 cm³/mol. The van der Waals surface area contributed by atoms with Gasteiger partial charge in [0.2, 0.25) is 5.91 Å². The largest absolute Gasteiger partial charge is 0.294 e. The van der Waals surface area contributed by atoms with Gasteiger partial charge in [-0.05, 0) is 31.0 Å². The average molecular weight is 349 g/mol. The molecule has 1 saturated carbocycles. The summed E-state index contributed by atoms with van der Waals surface area (Å²) >= 11 is 3.27. The lowest BCUT2D eigenvalue weighted by Crippen LogP contribution is -2.74. The second-order valence-corrected chi connectivity index (χ2v) is 6.51. The van der Waals surface area contributed by atoms with Gasteiger partial charge in [0, 0.05) is 10.4 Å². The molecule has 4 amide bonds. The second-order valence-electron chi connectivity index (χ2n) is 5.59. The number of amides is 4. The molecule has 6 nitrogen and oxygen atoms in total. The van der Waals surface area contributed by atoms with Crippen molar-refractivity contribution in [2.24, 2.45) is 5.92 Å². The maximum Gasteiger partial charge on any atom is 0.262 e. The first-order valence-corrected chi connectivity index (χ1v) is 7.27. The zero-order valence-electron chi connectivity index (χ0n) is 10.7. The van der Waals surface area contributed by atoms with E-state index in [2.05, 4.69) is 21.2 Å². The molecule has 0 radical (unpaired) electrons. The highest BCUT2D eigenvalue weighted by molar-refractivity contribution is 9.10. The van der Waals surface area contributed by atoms with Gasteiger partial charge in [-0.15, -0.1) is 0 Å². The fourth-order valence-corrected chi connectivity index (χ4v) is 3.70. The summed E-state index contributed by atoms with van der Waals surface area (Å²) in [5.41, 5.74) is -0.610. The third-order valence-corrected chi connectivity index (χ3v) is 4.97. The maximum absolute atomic E-state index is 12.5. The first kappa shape index (κ1) is 12.7. The number of imide groups is 2. The molecule has 21 heavy (non-hydrogen) atoms. The van der Waals surface area contributed by atoms with Gasteiger partial charge in [-0.25, -0.2) is 0 Å². The molecule has 2 saturated heterocycles. The molecule has 106 valence electrons. The van der Waals surface area contributed by atoms with Gasteiger partial charge in [-0.2, -0.15) is 0 Å². The van der Waals surface area contributed by atoms with Gasteiger partial charge < -0.3 is 0 Å². The van der Waals surface area contributed by atoms with Gasteiger partial charge in [0.1, 0.15) is 5.54 Å². The number of benzene rings is 1. The van der Waals surface area contributed by atoms with E-state index in [9.17, 15) is 19.2 Å². The van der Waals surface area contributed by atoms with E-state index >= 15 is 0 Å². The van der Waals surface area contributed by atoms with Crippen molar-refractivity contribution < 1.29 is 19.2 Å². The van der Waals surface area contributed by atoms with Crippen LogP contribution in [0.2, 0.25) is 0 Å². The van der Waals surface area contributed by atoms with E-state index in [0.29, 0.717) is 10.0 Å². The minimum absolute atomic E-state index is 0.226. The smallest absolute Gasteiger partial charge is 0.262 e. The lowest BCUT2D eigenvalue weighted by Gasteiger charge is -2.52. The molecule has 5 rings (SSSR count). The summed E-state index contributed by atoms with van der Waals surface area (Å²) in [6.07, 6.45) is 0.453. The number of piperidine rings is 2. The number of carbonyl (C=O) groups is 4. The molecular weight excluding hydrogens is 340 g/mol. The van der Waals surface area contributed by atoms with Crippen molar-refractivity contribution in [3.8, 4) is 0 Å². The Morgan fingerprint density at radius 1 is 1.10 bits per heavy atom. The zero-order chi connectivity index (χ0) is 14.9. The summed E-state index contributed by atoms with van der Waals surface area (Å²) in [6, 6.07) is 4.83. The molecule has 3 heterocycles. The van der Waals surface area contributed by atoms with Crippen LogP contribution in [0.5, 0.6) is 0 Å². The lowest BCUT2D eigenvalue weighted by molar-refractivity contribution is -0.158.